The summed E-state index contributed by atoms with van der Waals surface area (Å²) in [5, 5.41) is 0.691. The summed E-state index contributed by atoms with van der Waals surface area (Å²) in [6, 6.07) is 0.0504. The topological polar surface area (TPSA) is 37.4 Å². The molecular formula is C9H20BrNO2S. The third-order valence-electron chi connectivity index (χ3n) is 1.99. The van der Waals surface area contributed by atoms with Crippen LogP contribution < -0.4 is 0 Å². The summed E-state index contributed by atoms with van der Waals surface area (Å²) in [5.74, 6) is 0.272. The highest BCUT2D eigenvalue weighted by atomic mass is 79.9. The first-order valence-electron chi connectivity index (χ1n) is 5.01. The lowest BCUT2D eigenvalue weighted by Crippen LogP contribution is -2.39. The van der Waals surface area contributed by atoms with Crippen LogP contribution in [0, 0.1) is 0 Å². The SMILES string of the molecule is CCCCS(=O)(=O)N(CCBr)C(C)C. The van der Waals surface area contributed by atoms with Crippen LogP contribution in [-0.4, -0.2) is 36.4 Å². The van der Waals surface area contributed by atoms with Gasteiger partial charge >= 0.3 is 0 Å². The lowest BCUT2D eigenvalue weighted by molar-refractivity contribution is 0.371. The van der Waals surface area contributed by atoms with Crippen molar-refractivity contribution in [3.8, 4) is 0 Å². The van der Waals surface area contributed by atoms with Crippen molar-refractivity contribution in [3.63, 3.8) is 0 Å². The normalized spacial score (nSPS) is 12.7. The largest absolute Gasteiger partial charge is 0.214 e. The van der Waals surface area contributed by atoms with Crippen LogP contribution >= 0.6 is 15.9 Å². The second-order valence-electron chi connectivity index (χ2n) is 3.56. The zero-order chi connectivity index (χ0) is 11.2. The molecule has 0 saturated carbocycles. The van der Waals surface area contributed by atoms with E-state index in [1.165, 1.54) is 0 Å². The van der Waals surface area contributed by atoms with E-state index in [0.717, 1.165) is 12.8 Å². The van der Waals surface area contributed by atoms with Crippen LogP contribution in [0.3, 0.4) is 0 Å². The number of alkyl halides is 1. The zero-order valence-corrected chi connectivity index (χ0v) is 11.6. The van der Waals surface area contributed by atoms with Gasteiger partial charge in [0.2, 0.25) is 10.0 Å². The molecule has 3 nitrogen and oxygen atoms in total. The quantitative estimate of drug-likeness (QED) is 0.673. The lowest BCUT2D eigenvalue weighted by Gasteiger charge is -2.24. The van der Waals surface area contributed by atoms with Crippen LogP contribution in [0.1, 0.15) is 33.6 Å². The van der Waals surface area contributed by atoms with Gasteiger partial charge in [0.1, 0.15) is 0 Å². The minimum Gasteiger partial charge on any atom is -0.212 e. The standard InChI is InChI=1S/C9H20BrNO2S/c1-4-5-8-14(12,13)11(7-6-10)9(2)3/h9H,4-8H2,1-3H3. The summed E-state index contributed by atoms with van der Waals surface area (Å²) < 4.78 is 25.2. The van der Waals surface area contributed by atoms with Crippen LogP contribution in [0.25, 0.3) is 0 Å². The van der Waals surface area contributed by atoms with Gasteiger partial charge in [-0.3, -0.25) is 0 Å². The Hall–Kier alpha value is 0.390. The predicted octanol–water partition coefficient (Wildman–Crippen LogP) is 2.22. The van der Waals surface area contributed by atoms with Gasteiger partial charge in [-0.05, 0) is 20.3 Å². The van der Waals surface area contributed by atoms with Crippen LogP contribution in [-0.2, 0) is 10.0 Å². The number of rotatable bonds is 7. The Labute approximate surface area is 96.0 Å². The van der Waals surface area contributed by atoms with Crippen molar-refractivity contribution in [3.05, 3.63) is 0 Å². The minimum atomic E-state index is -3.04. The molecule has 0 saturated heterocycles. The van der Waals surface area contributed by atoms with Crippen molar-refractivity contribution in [1.82, 2.24) is 4.31 Å². The van der Waals surface area contributed by atoms with Gasteiger partial charge in [0, 0.05) is 17.9 Å². The van der Waals surface area contributed by atoms with E-state index in [9.17, 15) is 8.42 Å². The Morgan fingerprint density at radius 1 is 1.36 bits per heavy atom. The molecule has 0 radical (unpaired) electrons. The fraction of sp³-hybridized carbons (Fsp3) is 1.00. The van der Waals surface area contributed by atoms with Crippen molar-refractivity contribution >= 4 is 26.0 Å². The van der Waals surface area contributed by atoms with E-state index in [-0.39, 0.29) is 11.8 Å². The molecule has 0 amide bonds. The molecule has 0 aromatic heterocycles. The first-order valence-corrected chi connectivity index (χ1v) is 7.74. The fourth-order valence-corrected chi connectivity index (χ4v) is 3.76. The third-order valence-corrected chi connectivity index (χ3v) is 4.47. The first-order chi connectivity index (χ1) is 6.45. The molecule has 86 valence electrons. The molecule has 0 fully saturated rings. The number of hydrogen-bond donors (Lipinski definition) is 0. The van der Waals surface area contributed by atoms with Gasteiger partial charge in [-0.2, -0.15) is 4.31 Å². The van der Waals surface area contributed by atoms with E-state index in [0.29, 0.717) is 11.9 Å². The van der Waals surface area contributed by atoms with Gasteiger partial charge in [-0.1, -0.05) is 29.3 Å². The van der Waals surface area contributed by atoms with Gasteiger partial charge in [-0.25, -0.2) is 8.42 Å². The van der Waals surface area contributed by atoms with E-state index in [1.54, 1.807) is 4.31 Å². The summed E-state index contributed by atoms with van der Waals surface area (Å²) in [5.41, 5.74) is 0. The number of nitrogens with zero attached hydrogens (tertiary/aromatic N) is 1. The van der Waals surface area contributed by atoms with Crippen molar-refractivity contribution in [2.75, 3.05) is 17.6 Å². The van der Waals surface area contributed by atoms with Crippen molar-refractivity contribution in [1.29, 1.82) is 0 Å². The molecule has 0 N–H and O–H groups in total. The Morgan fingerprint density at radius 3 is 2.29 bits per heavy atom. The van der Waals surface area contributed by atoms with Crippen LogP contribution in [0.2, 0.25) is 0 Å². The molecule has 0 heterocycles. The minimum absolute atomic E-state index is 0.0504. The average molecular weight is 286 g/mol. The molecular weight excluding hydrogens is 266 g/mol. The molecule has 0 bridgehead atoms. The zero-order valence-electron chi connectivity index (χ0n) is 9.16. The van der Waals surface area contributed by atoms with Crippen molar-refractivity contribution in [2.45, 2.75) is 39.7 Å². The van der Waals surface area contributed by atoms with E-state index in [1.807, 2.05) is 20.8 Å². The summed E-state index contributed by atoms with van der Waals surface area (Å²) >= 11 is 3.27. The third kappa shape index (κ3) is 4.75. The van der Waals surface area contributed by atoms with Gasteiger partial charge in [0.05, 0.1) is 5.75 Å². The number of hydrogen-bond acceptors (Lipinski definition) is 2. The summed E-state index contributed by atoms with van der Waals surface area (Å²) in [6.07, 6.45) is 1.66. The number of sulfonamides is 1. The molecule has 0 spiro atoms. The highest BCUT2D eigenvalue weighted by molar-refractivity contribution is 9.09. The molecule has 0 unspecified atom stereocenters. The average Bonchev–Trinajstić information content (AvgIpc) is 2.10. The maximum atomic E-state index is 11.8. The van der Waals surface area contributed by atoms with Gasteiger partial charge in [-0.15, -0.1) is 0 Å². The van der Waals surface area contributed by atoms with Crippen molar-refractivity contribution in [2.24, 2.45) is 0 Å². The molecule has 0 aromatic rings. The second-order valence-corrected chi connectivity index (χ2v) is 6.40. The van der Waals surface area contributed by atoms with Gasteiger partial charge in [0.25, 0.3) is 0 Å². The number of halogens is 1. The summed E-state index contributed by atoms with van der Waals surface area (Å²) in [7, 11) is -3.04. The fourth-order valence-electron chi connectivity index (χ4n) is 1.25. The molecule has 0 rings (SSSR count). The van der Waals surface area contributed by atoms with Gasteiger partial charge in [0.15, 0.2) is 0 Å². The molecule has 0 aliphatic heterocycles. The highest BCUT2D eigenvalue weighted by Crippen LogP contribution is 2.10. The molecule has 0 aliphatic rings. The van der Waals surface area contributed by atoms with Crippen LogP contribution in [0.5, 0.6) is 0 Å². The maximum Gasteiger partial charge on any atom is 0.214 e. The molecule has 5 heteroatoms. The van der Waals surface area contributed by atoms with E-state index in [2.05, 4.69) is 15.9 Å². The highest BCUT2D eigenvalue weighted by Gasteiger charge is 2.23. The first kappa shape index (κ1) is 14.4. The molecule has 0 atom stereocenters. The van der Waals surface area contributed by atoms with E-state index < -0.39 is 10.0 Å². The Balaban J connectivity index is 4.46. The maximum absolute atomic E-state index is 11.8. The number of unbranched alkanes of at least 4 members (excludes halogenated alkanes) is 1. The van der Waals surface area contributed by atoms with E-state index in [4.69, 9.17) is 0 Å². The lowest BCUT2D eigenvalue weighted by atomic mass is 10.4. The Morgan fingerprint density at radius 2 is 1.93 bits per heavy atom. The second kappa shape index (κ2) is 6.80. The van der Waals surface area contributed by atoms with Crippen molar-refractivity contribution < 1.29 is 8.42 Å². The smallest absolute Gasteiger partial charge is 0.212 e. The van der Waals surface area contributed by atoms with E-state index >= 15 is 0 Å². The predicted molar refractivity (Wildman–Crippen MR) is 64.3 cm³/mol. The molecule has 0 aliphatic carbocycles. The molecule has 14 heavy (non-hydrogen) atoms. The Bertz CT molecular complexity index is 239. The monoisotopic (exact) mass is 285 g/mol. The van der Waals surface area contributed by atoms with Crippen LogP contribution in [0.4, 0.5) is 0 Å². The summed E-state index contributed by atoms with van der Waals surface area (Å²) in [6.45, 7) is 6.38. The molecule has 0 aromatic carbocycles. The van der Waals surface area contributed by atoms with Gasteiger partial charge < -0.3 is 0 Å². The van der Waals surface area contributed by atoms with Crippen LogP contribution in [0.15, 0.2) is 0 Å². The Kier molecular flexibility index (Phi) is 6.99. The summed E-state index contributed by atoms with van der Waals surface area (Å²) in [4.78, 5) is 0.